The molecule has 0 atom stereocenters. The van der Waals surface area contributed by atoms with Crippen molar-refractivity contribution in [2.75, 3.05) is 17.3 Å². The van der Waals surface area contributed by atoms with E-state index in [1.165, 1.54) is 19.1 Å². The van der Waals surface area contributed by atoms with Gasteiger partial charge in [0.15, 0.2) is 9.84 Å². The van der Waals surface area contributed by atoms with Gasteiger partial charge in [0.05, 0.1) is 16.3 Å². The molecule has 1 amide bonds. The van der Waals surface area contributed by atoms with Crippen molar-refractivity contribution in [2.24, 2.45) is 0 Å². The zero-order chi connectivity index (χ0) is 20.5. The zero-order valence-electron chi connectivity index (χ0n) is 15.6. The molecule has 2 aromatic heterocycles. The van der Waals surface area contributed by atoms with Crippen molar-refractivity contribution < 1.29 is 13.2 Å². The summed E-state index contributed by atoms with van der Waals surface area (Å²) in [6.45, 7) is 3.22. The molecule has 144 valence electrons. The van der Waals surface area contributed by atoms with Gasteiger partial charge in [-0.05, 0) is 31.2 Å². The van der Waals surface area contributed by atoms with Gasteiger partial charge in [-0.1, -0.05) is 12.1 Å². The van der Waals surface area contributed by atoms with Gasteiger partial charge in [-0.2, -0.15) is 0 Å². The van der Waals surface area contributed by atoms with E-state index in [4.69, 9.17) is 5.73 Å². The van der Waals surface area contributed by atoms with Crippen molar-refractivity contribution in [3.8, 4) is 22.4 Å². The first-order valence-electron chi connectivity index (χ1n) is 8.34. The highest BCUT2D eigenvalue weighted by molar-refractivity contribution is 7.90. The molecule has 0 aliphatic carbocycles. The van der Waals surface area contributed by atoms with E-state index in [-0.39, 0.29) is 16.8 Å². The van der Waals surface area contributed by atoms with Crippen LogP contribution in [0, 0.1) is 6.92 Å². The van der Waals surface area contributed by atoms with Crippen LogP contribution in [0.3, 0.4) is 0 Å². The van der Waals surface area contributed by atoms with Gasteiger partial charge < -0.3 is 11.1 Å². The molecule has 28 heavy (non-hydrogen) atoms. The number of aromatic nitrogens is 3. The van der Waals surface area contributed by atoms with Crippen LogP contribution in [0.4, 0.5) is 11.8 Å². The van der Waals surface area contributed by atoms with Crippen LogP contribution in [0.2, 0.25) is 0 Å². The molecule has 3 N–H and O–H groups in total. The highest BCUT2D eigenvalue weighted by Crippen LogP contribution is 2.33. The largest absolute Gasteiger partial charge is 0.368 e. The first-order chi connectivity index (χ1) is 13.1. The average molecular weight is 397 g/mol. The minimum Gasteiger partial charge on any atom is -0.368 e. The van der Waals surface area contributed by atoms with Crippen LogP contribution in [0.15, 0.2) is 47.5 Å². The highest BCUT2D eigenvalue weighted by atomic mass is 32.2. The first-order valence-corrected chi connectivity index (χ1v) is 10.2. The Hall–Kier alpha value is -3.33. The Bertz CT molecular complexity index is 1140. The number of nitrogens with one attached hydrogen (secondary N) is 1. The lowest BCUT2D eigenvalue weighted by Crippen LogP contribution is -2.07. The lowest BCUT2D eigenvalue weighted by molar-refractivity contribution is -0.114. The molecule has 0 spiro atoms. The Balaban J connectivity index is 2.11. The van der Waals surface area contributed by atoms with Crippen LogP contribution in [0.1, 0.15) is 12.6 Å². The molecule has 1 aromatic carbocycles. The Kier molecular flexibility index (Phi) is 5.10. The quantitative estimate of drug-likeness (QED) is 0.692. The van der Waals surface area contributed by atoms with E-state index in [0.29, 0.717) is 22.8 Å². The smallest absolute Gasteiger partial charge is 0.222 e. The number of nitrogens with two attached hydrogens (primary N) is 1. The van der Waals surface area contributed by atoms with Gasteiger partial charge in [0.2, 0.25) is 11.9 Å². The molecule has 3 rings (SSSR count). The molecule has 0 fully saturated rings. The van der Waals surface area contributed by atoms with E-state index in [9.17, 15) is 13.2 Å². The standard InChI is InChI=1S/C19H19N5O3S/c1-11-17(14-6-9-16(21-10-14)23-12(2)25)18(24-19(20)22-11)13-4-7-15(8-5-13)28(3,26)27/h4-10H,1-3H3,(H2,20,22,24)(H,21,23,25). The topological polar surface area (TPSA) is 128 Å². The van der Waals surface area contributed by atoms with Crippen molar-refractivity contribution in [3.63, 3.8) is 0 Å². The van der Waals surface area contributed by atoms with E-state index in [1.807, 2.05) is 6.92 Å². The minimum atomic E-state index is -3.30. The van der Waals surface area contributed by atoms with Crippen LogP contribution in [-0.2, 0) is 14.6 Å². The lowest BCUT2D eigenvalue weighted by Gasteiger charge is -2.13. The third-order valence-corrected chi connectivity index (χ3v) is 5.15. The molecule has 0 saturated carbocycles. The second kappa shape index (κ2) is 7.35. The summed E-state index contributed by atoms with van der Waals surface area (Å²) >= 11 is 0. The molecule has 3 aromatic rings. The number of hydrogen-bond acceptors (Lipinski definition) is 7. The molecule has 0 bridgehead atoms. The van der Waals surface area contributed by atoms with Crippen molar-refractivity contribution in [3.05, 3.63) is 48.3 Å². The Morgan fingerprint density at radius 3 is 2.21 bits per heavy atom. The van der Waals surface area contributed by atoms with Crippen LogP contribution in [-0.4, -0.2) is 35.5 Å². The summed E-state index contributed by atoms with van der Waals surface area (Å²) < 4.78 is 23.4. The number of nitrogen functional groups attached to an aromatic ring is 1. The van der Waals surface area contributed by atoms with Crippen LogP contribution in [0.25, 0.3) is 22.4 Å². The van der Waals surface area contributed by atoms with Gasteiger partial charge >= 0.3 is 0 Å². The van der Waals surface area contributed by atoms with Crippen LogP contribution < -0.4 is 11.1 Å². The van der Waals surface area contributed by atoms with Gasteiger partial charge in [-0.3, -0.25) is 4.79 Å². The summed E-state index contributed by atoms with van der Waals surface area (Å²) in [5.74, 6) is 0.342. The van der Waals surface area contributed by atoms with Crippen LogP contribution >= 0.6 is 0 Å². The molecule has 0 radical (unpaired) electrons. The van der Waals surface area contributed by atoms with E-state index >= 15 is 0 Å². The fourth-order valence-electron chi connectivity index (χ4n) is 2.81. The molecule has 9 heteroatoms. The third kappa shape index (κ3) is 4.15. The summed E-state index contributed by atoms with van der Waals surface area (Å²) in [6.07, 6.45) is 2.77. The number of nitrogens with zero attached hydrogens (tertiary/aromatic N) is 3. The summed E-state index contributed by atoms with van der Waals surface area (Å²) in [7, 11) is -3.30. The number of carbonyl (C=O) groups excluding carboxylic acids is 1. The maximum atomic E-state index is 11.7. The number of rotatable bonds is 4. The Morgan fingerprint density at radius 2 is 1.68 bits per heavy atom. The molecule has 0 unspecified atom stereocenters. The first kappa shape index (κ1) is 19.4. The van der Waals surface area contributed by atoms with Crippen molar-refractivity contribution in [2.45, 2.75) is 18.7 Å². The zero-order valence-corrected chi connectivity index (χ0v) is 16.4. The fraction of sp³-hybridized carbons (Fsp3) is 0.158. The highest BCUT2D eigenvalue weighted by Gasteiger charge is 2.16. The molecule has 8 nitrogen and oxygen atoms in total. The number of carbonyl (C=O) groups is 1. The summed E-state index contributed by atoms with van der Waals surface area (Å²) in [4.78, 5) is 24.2. The molecular formula is C19H19N5O3S. The predicted octanol–water partition coefficient (Wildman–Crippen LogP) is 2.46. The summed E-state index contributed by atoms with van der Waals surface area (Å²) in [6, 6.07) is 9.90. The maximum Gasteiger partial charge on any atom is 0.222 e. The Labute approximate surface area is 162 Å². The van der Waals surface area contributed by atoms with Crippen molar-refractivity contribution >= 4 is 27.5 Å². The molecule has 0 aliphatic rings. The van der Waals surface area contributed by atoms with E-state index in [0.717, 1.165) is 17.4 Å². The van der Waals surface area contributed by atoms with Crippen molar-refractivity contribution in [1.29, 1.82) is 0 Å². The molecule has 0 saturated heterocycles. The number of pyridine rings is 1. The second-order valence-electron chi connectivity index (χ2n) is 6.30. The molecule has 2 heterocycles. The Morgan fingerprint density at radius 1 is 1.04 bits per heavy atom. The number of benzene rings is 1. The van der Waals surface area contributed by atoms with E-state index < -0.39 is 9.84 Å². The van der Waals surface area contributed by atoms with Gasteiger partial charge in [0.25, 0.3) is 0 Å². The summed E-state index contributed by atoms with van der Waals surface area (Å²) in [5, 5.41) is 2.62. The molecule has 0 aliphatic heterocycles. The van der Waals surface area contributed by atoms with Gasteiger partial charge in [0.1, 0.15) is 5.82 Å². The van der Waals surface area contributed by atoms with Gasteiger partial charge in [0, 0.05) is 36.1 Å². The van der Waals surface area contributed by atoms with E-state index in [2.05, 4.69) is 20.3 Å². The predicted molar refractivity (Wildman–Crippen MR) is 107 cm³/mol. The van der Waals surface area contributed by atoms with Crippen molar-refractivity contribution in [1.82, 2.24) is 15.0 Å². The second-order valence-corrected chi connectivity index (χ2v) is 8.32. The van der Waals surface area contributed by atoms with E-state index in [1.54, 1.807) is 30.5 Å². The van der Waals surface area contributed by atoms with Gasteiger partial charge in [-0.15, -0.1) is 0 Å². The SMILES string of the molecule is CC(=O)Nc1ccc(-c2c(C)nc(N)nc2-c2ccc(S(C)(=O)=O)cc2)cn1. The number of aryl methyl sites for hydroxylation is 1. The third-order valence-electron chi connectivity index (χ3n) is 4.02. The number of sulfone groups is 1. The normalized spacial score (nSPS) is 11.2. The fourth-order valence-corrected chi connectivity index (χ4v) is 3.44. The lowest BCUT2D eigenvalue weighted by atomic mass is 9.99. The number of amides is 1. The number of hydrogen-bond donors (Lipinski definition) is 2. The summed E-state index contributed by atoms with van der Waals surface area (Å²) in [5.41, 5.74) is 9.23. The average Bonchev–Trinajstić information content (AvgIpc) is 2.61. The maximum absolute atomic E-state index is 11.7. The molecular weight excluding hydrogens is 378 g/mol. The minimum absolute atomic E-state index is 0.117. The monoisotopic (exact) mass is 397 g/mol. The van der Waals surface area contributed by atoms with Crippen LogP contribution in [0.5, 0.6) is 0 Å². The van der Waals surface area contributed by atoms with Gasteiger partial charge in [-0.25, -0.2) is 23.4 Å². The number of anilines is 2.